The minimum atomic E-state index is -0.469. The van der Waals surface area contributed by atoms with Gasteiger partial charge >= 0.3 is 5.97 Å². The van der Waals surface area contributed by atoms with Crippen molar-refractivity contribution in [1.29, 1.82) is 0 Å². The molecule has 0 radical (unpaired) electrons. The number of hydrogen-bond acceptors (Lipinski definition) is 6. The number of nitrogens with two attached hydrogens (primary N) is 1. The maximum atomic E-state index is 11.4. The van der Waals surface area contributed by atoms with Gasteiger partial charge in [-0.25, -0.2) is 20.6 Å². The molecule has 0 amide bonds. The third kappa shape index (κ3) is 4.45. The molecule has 0 spiro atoms. The van der Waals surface area contributed by atoms with E-state index in [1.807, 2.05) is 0 Å². The van der Waals surface area contributed by atoms with Gasteiger partial charge in [-0.05, 0) is 26.8 Å². The largest absolute Gasteiger partial charge is 0.463 e. The number of nitrogens with one attached hydrogen (secondary N) is 1. The van der Waals surface area contributed by atoms with Crippen LogP contribution in [0.15, 0.2) is 21.4 Å². The molecule has 0 unspecified atom stereocenters. The van der Waals surface area contributed by atoms with Crippen molar-refractivity contribution < 1.29 is 9.53 Å². The highest BCUT2D eigenvalue weighted by Crippen LogP contribution is 2.08. The summed E-state index contributed by atoms with van der Waals surface area (Å²) in [4.78, 5) is 19.1. The third-order valence-corrected chi connectivity index (χ3v) is 2.18. The zero-order chi connectivity index (χ0) is 12.6. The molecule has 6 nitrogen and oxygen atoms in total. The van der Waals surface area contributed by atoms with Crippen LogP contribution in [-0.4, -0.2) is 30.7 Å². The van der Waals surface area contributed by atoms with Crippen molar-refractivity contribution in [3.63, 3.8) is 0 Å². The quantitative estimate of drug-likeness (QED) is 0.189. The van der Waals surface area contributed by atoms with Crippen molar-refractivity contribution in [2.45, 2.75) is 13.8 Å². The predicted molar refractivity (Wildman–Crippen MR) is 67.2 cm³/mol. The van der Waals surface area contributed by atoms with Gasteiger partial charge in [0.1, 0.15) is 0 Å². The Morgan fingerprint density at radius 3 is 2.62 bits per heavy atom. The fourth-order valence-corrected chi connectivity index (χ4v) is 1.11. The highest BCUT2D eigenvalue weighted by molar-refractivity contribution is 8.13. The molecule has 0 rings (SSSR count). The van der Waals surface area contributed by atoms with Crippen LogP contribution in [0.1, 0.15) is 13.8 Å². The molecule has 7 heteroatoms. The van der Waals surface area contributed by atoms with Gasteiger partial charge in [-0.15, -0.1) is 0 Å². The smallest absolute Gasteiger partial charge is 0.337 e. The van der Waals surface area contributed by atoms with Gasteiger partial charge in [-0.3, -0.25) is 0 Å². The molecule has 0 bridgehead atoms. The van der Waals surface area contributed by atoms with E-state index in [2.05, 4.69) is 22.1 Å². The Kier molecular flexibility index (Phi) is 7.23. The summed E-state index contributed by atoms with van der Waals surface area (Å²) in [5, 5.41) is 0.414. The molecular formula is C9H16N4O2S. The van der Waals surface area contributed by atoms with Crippen LogP contribution in [0.2, 0.25) is 0 Å². The first kappa shape index (κ1) is 14.7. The van der Waals surface area contributed by atoms with Crippen LogP contribution in [0.4, 0.5) is 0 Å². The molecule has 0 aliphatic heterocycles. The molecule has 0 aromatic rings. The van der Waals surface area contributed by atoms with E-state index in [-0.39, 0.29) is 5.82 Å². The van der Waals surface area contributed by atoms with Crippen LogP contribution >= 0.6 is 11.8 Å². The van der Waals surface area contributed by atoms with E-state index in [1.165, 1.54) is 11.8 Å². The zero-order valence-electron chi connectivity index (χ0n) is 9.61. The molecule has 0 aliphatic carbocycles. The zero-order valence-corrected chi connectivity index (χ0v) is 10.4. The number of ether oxygens (including phenoxy) is 1. The standard InChI is InChI=1S/C9H16N4O2S/c1-5-15-8(14)6(2)7(13-10)12-9(11-3)16-4/h13H,3,5,10H2,1-2,4H3/b7-6-,12-9?. The van der Waals surface area contributed by atoms with Gasteiger partial charge in [0.15, 0.2) is 11.0 Å². The number of nitrogens with zero attached hydrogens (tertiary/aromatic N) is 2. The van der Waals surface area contributed by atoms with E-state index in [1.54, 1.807) is 20.1 Å². The summed E-state index contributed by atoms with van der Waals surface area (Å²) in [6.45, 7) is 6.94. The Morgan fingerprint density at radius 2 is 2.25 bits per heavy atom. The number of carbonyl (C=O) groups is 1. The molecule has 3 N–H and O–H groups in total. The number of hydrazine groups is 1. The first-order valence-electron chi connectivity index (χ1n) is 4.54. The molecule has 0 atom stereocenters. The second-order valence-electron chi connectivity index (χ2n) is 2.60. The molecule has 0 aromatic carbocycles. The monoisotopic (exact) mass is 244 g/mol. The molecular weight excluding hydrogens is 228 g/mol. The molecule has 0 heterocycles. The number of thioether (sulfide) groups is 1. The average Bonchev–Trinajstić information content (AvgIpc) is 2.30. The van der Waals surface area contributed by atoms with Crippen LogP contribution < -0.4 is 11.3 Å². The second kappa shape index (κ2) is 7.89. The van der Waals surface area contributed by atoms with Crippen molar-refractivity contribution in [1.82, 2.24) is 5.43 Å². The Morgan fingerprint density at radius 1 is 1.62 bits per heavy atom. The summed E-state index contributed by atoms with van der Waals surface area (Å²) < 4.78 is 4.82. The summed E-state index contributed by atoms with van der Waals surface area (Å²) in [7, 11) is 0. The van der Waals surface area contributed by atoms with Gasteiger partial charge in [0.2, 0.25) is 0 Å². The van der Waals surface area contributed by atoms with Crippen LogP contribution in [0, 0.1) is 0 Å². The first-order valence-corrected chi connectivity index (χ1v) is 5.77. The van der Waals surface area contributed by atoms with Crippen LogP contribution in [0.5, 0.6) is 0 Å². The normalized spacial score (nSPS) is 12.9. The van der Waals surface area contributed by atoms with Gasteiger partial charge in [0.05, 0.1) is 12.2 Å². The molecule has 0 saturated heterocycles. The Bertz CT molecular complexity index is 325. The van der Waals surface area contributed by atoms with Crippen molar-refractivity contribution in [3.8, 4) is 0 Å². The number of esters is 1. The van der Waals surface area contributed by atoms with E-state index >= 15 is 0 Å². The van der Waals surface area contributed by atoms with Crippen molar-refractivity contribution in [2.24, 2.45) is 15.8 Å². The van der Waals surface area contributed by atoms with E-state index in [4.69, 9.17) is 10.6 Å². The van der Waals surface area contributed by atoms with E-state index in [9.17, 15) is 4.79 Å². The molecule has 0 fully saturated rings. The lowest BCUT2D eigenvalue weighted by Crippen LogP contribution is -2.24. The van der Waals surface area contributed by atoms with Gasteiger partial charge < -0.3 is 10.2 Å². The molecule has 90 valence electrons. The lowest BCUT2D eigenvalue weighted by molar-refractivity contribution is -0.138. The van der Waals surface area contributed by atoms with Gasteiger partial charge in [-0.1, -0.05) is 11.8 Å². The minimum Gasteiger partial charge on any atom is -0.463 e. The Hall–Kier alpha value is -1.34. The molecule has 16 heavy (non-hydrogen) atoms. The number of hydrogen-bond donors (Lipinski definition) is 2. The molecule has 0 aromatic heterocycles. The van der Waals surface area contributed by atoms with Gasteiger partial charge in [0, 0.05) is 0 Å². The van der Waals surface area contributed by atoms with E-state index < -0.39 is 5.97 Å². The Balaban J connectivity index is 5.08. The number of carbonyl (C=O) groups excluding carboxylic acids is 1. The summed E-state index contributed by atoms with van der Waals surface area (Å²) in [6, 6.07) is 0. The van der Waals surface area contributed by atoms with Crippen molar-refractivity contribution in [3.05, 3.63) is 11.4 Å². The lowest BCUT2D eigenvalue weighted by atomic mass is 10.3. The van der Waals surface area contributed by atoms with E-state index in [0.29, 0.717) is 17.3 Å². The highest BCUT2D eigenvalue weighted by Gasteiger charge is 2.11. The summed E-state index contributed by atoms with van der Waals surface area (Å²) >= 11 is 1.30. The topological polar surface area (TPSA) is 89.1 Å². The second-order valence-corrected chi connectivity index (χ2v) is 3.37. The minimum absolute atomic E-state index is 0.218. The maximum absolute atomic E-state index is 11.4. The van der Waals surface area contributed by atoms with Crippen molar-refractivity contribution in [2.75, 3.05) is 12.9 Å². The number of aliphatic imine (C=N–C) groups is 2. The highest BCUT2D eigenvalue weighted by atomic mass is 32.2. The van der Waals surface area contributed by atoms with Gasteiger partial charge in [0.25, 0.3) is 0 Å². The molecule has 0 aliphatic rings. The van der Waals surface area contributed by atoms with Gasteiger partial charge in [-0.2, -0.15) is 0 Å². The van der Waals surface area contributed by atoms with E-state index in [0.717, 1.165) is 0 Å². The average molecular weight is 244 g/mol. The van der Waals surface area contributed by atoms with Crippen LogP contribution in [0.25, 0.3) is 0 Å². The molecule has 0 saturated carbocycles. The fourth-order valence-electron chi connectivity index (χ4n) is 0.802. The Labute approximate surface area is 99.0 Å². The summed E-state index contributed by atoms with van der Waals surface area (Å²) in [5.74, 6) is 5.02. The van der Waals surface area contributed by atoms with Crippen LogP contribution in [-0.2, 0) is 9.53 Å². The SMILES string of the molecule is C=NC(=N/C(NN)=C(\C)C(=O)OCC)SC. The third-order valence-electron chi connectivity index (χ3n) is 1.60. The number of rotatable bonds is 4. The number of amidine groups is 1. The maximum Gasteiger partial charge on any atom is 0.337 e. The van der Waals surface area contributed by atoms with Crippen LogP contribution in [0.3, 0.4) is 0 Å². The predicted octanol–water partition coefficient (Wildman–Crippen LogP) is 0.664. The summed E-state index contributed by atoms with van der Waals surface area (Å²) in [6.07, 6.45) is 1.79. The summed E-state index contributed by atoms with van der Waals surface area (Å²) in [5.41, 5.74) is 2.62. The fraction of sp³-hybridized carbons (Fsp3) is 0.444. The first-order chi connectivity index (χ1) is 7.60. The lowest BCUT2D eigenvalue weighted by Gasteiger charge is -2.07. The van der Waals surface area contributed by atoms with Crippen molar-refractivity contribution >= 4 is 29.6 Å².